The average Bonchev–Trinajstić information content (AvgIpc) is 2.00. The molecule has 0 aliphatic carbocycles. The lowest BCUT2D eigenvalue weighted by atomic mass is 10.2. The molecule has 0 aromatic heterocycles. The Balaban J connectivity index is 3.73. The molecule has 2 N–H and O–H groups in total. The van der Waals surface area contributed by atoms with Crippen LogP contribution in [0.3, 0.4) is 0 Å². The van der Waals surface area contributed by atoms with Crippen LogP contribution >= 0.6 is 0 Å². The molecule has 0 aliphatic heterocycles. The van der Waals surface area contributed by atoms with E-state index in [-0.39, 0.29) is 6.04 Å². The minimum absolute atomic E-state index is 0.00630. The van der Waals surface area contributed by atoms with Gasteiger partial charge in [0, 0.05) is 12.6 Å². The van der Waals surface area contributed by atoms with Crippen LogP contribution in [0.4, 0.5) is 4.79 Å². The van der Waals surface area contributed by atoms with E-state index in [0.29, 0.717) is 13.1 Å². The van der Waals surface area contributed by atoms with Gasteiger partial charge in [-0.3, -0.25) is 0 Å². The Hall–Kier alpha value is -1.21. The van der Waals surface area contributed by atoms with E-state index < -0.39 is 11.7 Å². The number of hydrogen-bond acceptors (Lipinski definition) is 3. The Labute approximate surface area is 91.8 Å². The molecule has 0 bridgehead atoms. The molecule has 0 fully saturated rings. The molecular weight excluding hydrogens is 192 g/mol. The maximum absolute atomic E-state index is 11.3. The molecule has 1 amide bonds. The topological polar surface area (TPSA) is 50.4 Å². The first-order chi connectivity index (χ1) is 6.85. The van der Waals surface area contributed by atoms with Crippen LogP contribution in [0, 0.1) is 12.3 Å². The Morgan fingerprint density at radius 2 is 2.13 bits per heavy atom. The van der Waals surface area contributed by atoms with Crippen molar-refractivity contribution in [3.63, 3.8) is 0 Å². The van der Waals surface area contributed by atoms with Crippen molar-refractivity contribution >= 4 is 6.09 Å². The summed E-state index contributed by atoms with van der Waals surface area (Å²) >= 11 is 0. The molecule has 86 valence electrons. The number of ether oxygens (including phenoxy) is 1. The predicted octanol–water partition coefficient (Wildman–Crippen LogP) is 1.12. The van der Waals surface area contributed by atoms with Crippen molar-refractivity contribution in [3.8, 4) is 12.3 Å². The number of terminal acetylenes is 1. The van der Waals surface area contributed by atoms with Gasteiger partial charge in [-0.05, 0) is 27.7 Å². The summed E-state index contributed by atoms with van der Waals surface area (Å²) < 4.78 is 5.10. The maximum Gasteiger partial charge on any atom is 0.407 e. The third kappa shape index (κ3) is 9.10. The zero-order chi connectivity index (χ0) is 11.9. The third-order valence-corrected chi connectivity index (χ3v) is 1.44. The molecule has 0 unspecified atom stereocenters. The minimum atomic E-state index is -0.462. The van der Waals surface area contributed by atoms with Crippen molar-refractivity contribution in [1.29, 1.82) is 0 Å². The second-order valence-corrected chi connectivity index (χ2v) is 4.38. The lowest BCUT2D eigenvalue weighted by Gasteiger charge is -2.21. The van der Waals surface area contributed by atoms with Crippen molar-refractivity contribution in [2.24, 2.45) is 0 Å². The highest BCUT2D eigenvalue weighted by molar-refractivity contribution is 5.68. The van der Waals surface area contributed by atoms with E-state index in [4.69, 9.17) is 11.2 Å². The molecular formula is C11H20N2O2. The number of amides is 1. The molecule has 1 atom stereocenters. The van der Waals surface area contributed by atoms with Crippen LogP contribution in [-0.2, 0) is 4.74 Å². The number of alkyl carbamates (subject to hydrolysis) is 1. The molecule has 0 spiro atoms. The van der Waals surface area contributed by atoms with Gasteiger partial charge >= 0.3 is 6.09 Å². The van der Waals surface area contributed by atoms with E-state index in [1.807, 2.05) is 27.7 Å². The van der Waals surface area contributed by atoms with E-state index in [0.717, 1.165) is 0 Å². The summed E-state index contributed by atoms with van der Waals surface area (Å²) in [5.41, 5.74) is -0.462. The van der Waals surface area contributed by atoms with Crippen molar-refractivity contribution in [2.45, 2.75) is 39.3 Å². The van der Waals surface area contributed by atoms with Crippen molar-refractivity contribution < 1.29 is 9.53 Å². The molecule has 0 saturated carbocycles. The molecule has 0 aromatic carbocycles. The number of nitrogens with one attached hydrogen (secondary N) is 2. The van der Waals surface area contributed by atoms with Crippen molar-refractivity contribution in [1.82, 2.24) is 10.6 Å². The summed E-state index contributed by atoms with van der Waals surface area (Å²) in [6, 6.07) is -0.00630. The monoisotopic (exact) mass is 212 g/mol. The Bertz CT molecular complexity index is 238. The van der Waals surface area contributed by atoms with Gasteiger partial charge in [-0.2, -0.15) is 0 Å². The first kappa shape index (κ1) is 13.8. The van der Waals surface area contributed by atoms with Gasteiger partial charge in [0.25, 0.3) is 0 Å². The molecule has 0 rings (SSSR count). The van der Waals surface area contributed by atoms with E-state index >= 15 is 0 Å². The molecule has 0 heterocycles. The predicted molar refractivity (Wildman–Crippen MR) is 60.5 cm³/mol. The fourth-order valence-electron chi connectivity index (χ4n) is 0.921. The van der Waals surface area contributed by atoms with Gasteiger partial charge in [0.2, 0.25) is 0 Å². The second-order valence-electron chi connectivity index (χ2n) is 4.38. The van der Waals surface area contributed by atoms with Gasteiger partial charge < -0.3 is 15.4 Å². The Morgan fingerprint density at radius 1 is 1.53 bits per heavy atom. The lowest BCUT2D eigenvalue weighted by Crippen LogP contribution is -2.42. The molecule has 0 aromatic rings. The van der Waals surface area contributed by atoms with E-state index in [1.165, 1.54) is 0 Å². The molecule has 0 aliphatic rings. The highest BCUT2D eigenvalue weighted by atomic mass is 16.6. The zero-order valence-corrected chi connectivity index (χ0v) is 9.89. The average molecular weight is 212 g/mol. The second kappa shape index (κ2) is 6.31. The van der Waals surface area contributed by atoms with E-state index in [1.54, 1.807) is 0 Å². The number of carbonyl (C=O) groups excluding carboxylic acids is 1. The van der Waals surface area contributed by atoms with Gasteiger partial charge in [0.15, 0.2) is 0 Å². The molecule has 4 nitrogen and oxygen atoms in total. The minimum Gasteiger partial charge on any atom is -0.444 e. The summed E-state index contributed by atoms with van der Waals surface area (Å²) in [6.45, 7) is 8.49. The highest BCUT2D eigenvalue weighted by Gasteiger charge is 2.17. The molecule has 0 saturated heterocycles. The van der Waals surface area contributed by atoms with Crippen LogP contribution in [0.25, 0.3) is 0 Å². The summed E-state index contributed by atoms with van der Waals surface area (Å²) in [6.07, 6.45) is 4.67. The lowest BCUT2D eigenvalue weighted by molar-refractivity contribution is 0.0508. The zero-order valence-electron chi connectivity index (χ0n) is 9.89. The summed E-state index contributed by atoms with van der Waals surface area (Å²) in [5.74, 6) is 2.46. The van der Waals surface area contributed by atoms with Crippen LogP contribution in [-0.4, -0.2) is 30.8 Å². The van der Waals surface area contributed by atoms with Crippen LogP contribution < -0.4 is 10.6 Å². The number of carbonyl (C=O) groups is 1. The van der Waals surface area contributed by atoms with Crippen molar-refractivity contribution in [2.75, 3.05) is 13.1 Å². The molecule has 4 heteroatoms. The SMILES string of the molecule is C#CCNC[C@@H](C)NC(=O)OC(C)(C)C. The Morgan fingerprint density at radius 3 is 2.60 bits per heavy atom. The van der Waals surface area contributed by atoms with Gasteiger partial charge in [0.1, 0.15) is 5.60 Å². The summed E-state index contributed by atoms with van der Waals surface area (Å²) in [7, 11) is 0. The highest BCUT2D eigenvalue weighted by Crippen LogP contribution is 2.06. The van der Waals surface area contributed by atoms with E-state index in [9.17, 15) is 4.79 Å². The molecule has 15 heavy (non-hydrogen) atoms. The first-order valence-corrected chi connectivity index (χ1v) is 4.99. The fraction of sp³-hybridized carbons (Fsp3) is 0.727. The van der Waals surface area contributed by atoms with Crippen LogP contribution in [0.15, 0.2) is 0 Å². The number of hydrogen-bond donors (Lipinski definition) is 2. The van der Waals surface area contributed by atoms with Crippen LogP contribution in [0.5, 0.6) is 0 Å². The normalized spacial score (nSPS) is 12.7. The first-order valence-electron chi connectivity index (χ1n) is 4.99. The van der Waals surface area contributed by atoms with Gasteiger partial charge in [-0.15, -0.1) is 6.42 Å². The molecule has 0 radical (unpaired) electrons. The fourth-order valence-corrected chi connectivity index (χ4v) is 0.921. The largest absolute Gasteiger partial charge is 0.444 e. The van der Waals surface area contributed by atoms with Gasteiger partial charge in [-0.1, -0.05) is 5.92 Å². The summed E-state index contributed by atoms with van der Waals surface area (Å²) in [4.78, 5) is 11.3. The smallest absolute Gasteiger partial charge is 0.407 e. The third-order valence-electron chi connectivity index (χ3n) is 1.44. The Kier molecular flexibility index (Phi) is 5.80. The van der Waals surface area contributed by atoms with Gasteiger partial charge in [-0.25, -0.2) is 4.79 Å². The van der Waals surface area contributed by atoms with Crippen molar-refractivity contribution in [3.05, 3.63) is 0 Å². The quantitative estimate of drug-likeness (QED) is 0.542. The standard InChI is InChI=1S/C11H20N2O2/c1-6-7-12-8-9(2)13-10(14)15-11(3,4)5/h1,9,12H,7-8H2,2-5H3,(H,13,14)/t9-/m1/s1. The number of rotatable bonds is 4. The van der Waals surface area contributed by atoms with Crippen LogP contribution in [0.2, 0.25) is 0 Å². The van der Waals surface area contributed by atoms with E-state index in [2.05, 4.69) is 16.6 Å². The maximum atomic E-state index is 11.3. The summed E-state index contributed by atoms with van der Waals surface area (Å²) in [5, 5.41) is 5.70. The van der Waals surface area contributed by atoms with Gasteiger partial charge in [0.05, 0.1) is 6.54 Å². The van der Waals surface area contributed by atoms with Crippen LogP contribution in [0.1, 0.15) is 27.7 Å².